The Morgan fingerprint density at radius 3 is 2.44 bits per heavy atom. The van der Waals surface area contributed by atoms with Crippen LogP contribution >= 0.6 is 12.2 Å². The van der Waals surface area contributed by atoms with E-state index in [2.05, 4.69) is 10.6 Å². The van der Waals surface area contributed by atoms with Gasteiger partial charge in [0.15, 0.2) is 5.11 Å². The molecule has 5 rings (SSSR count). The summed E-state index contributed by atoms with van der Waals surface area (Å²) in [6.45, 7) is 0. The number of hydrogen-bond acceptors (Lipinski definition) is 4. The number of benzene rings is 1. The second-order valence-electron chi connectivity index (χ2n) is 8.10. The molecule has 2 N–H and O–H groups in total. The van der Waals surface area contributed by atoms with Gasteiger partial charge >= 0.3 is 0 Å². The van der Waals surface area contributed by atoms with E-state index >= 15 is 0 Å². The molecule has 0 radical (unpaired) electrons. The molecule has 4 fully saturated rings. The van der Waals surface area contributed by atoms with Crippen molar-refractivity contribution in [3.05, 3.63) is 46.0 Å². The van der Waals surface area contributed by atoms with Gasteiger partial charge in [-0.15, -0.1) is 0 Å². The van der Waals surface area contributed by atoms with Crippen LogP contribution in [0, 0.1) is 33.8 Å². The average Bonchev–Trinajstić information content (AvgIpc) is 2.62. The van der Waals surface area contributed by atoms with Gasteiger partial charge in [-0.05, 0) is 79.6 Å². The Morgan fingerprint density at radius 1 is 1.15 bits per heavy atom. The van der Waals surface area contributed by atoms with Gasteiger partial charge in [0.05, 0.1) is 4.92 Å². The zero-order valence-electron chi connectivity index (χ0n) is 15.0. The third-order valence-electron chi connectivity index (χ3n) is 6.27. The Labute approximate surface area is 163 Å². The number of carbonyl (C=O) groups is 1. The number of hydrogen-bond donors (Lipinski definition) is 2. The highest BCUT2D eigenvalue weighted by atomic mass is 32.1. The average molecular weight is 385 g/mol. The van der Waals surface area contributed by atoms with E-state index in [9.17, 15) is 14.9 Å². The number of nitrogens with zero attached hydrogens (tertiary/aromatic N) is 1. The highest BCUT2D eigenvalue weighted by Crippen LogP contribution is 2.53. The first-order chi connectivity index (χ1) is 13.0. The Morgan fingerprint density at radius 2 is 1.81 bits per heavy atom. The molecule has 4 bridgehead atoms. The molecule has 1 aromatic carbocycles. The SMILES string of the molecule is O=C(/C=C/c1cccc([N+](=O)[O-])c1)NC(=S)NC1C2CC3CC(C2)CC1C3. The molecule has 27 heavy (non-hydrogen) atoms. The van der Waals surface area contributed by atoms with Gasteiger partial charge in [-0.1, -0.05) is 12.1 Å². The van der Waals surface area contributed by atoms with Gasteiger partial charge in [0.25, 0.3) is 5.69 Å². The van der Waals surface area contributed by atoms with Crippen LogP contribution in [0.4, 0.5) is 5.69 Å². The largest absolute Gasteiger partial charge is 0.359 e. The predicted octanol–water partition coefficient (Wildman–Crippen LogP) is 3.42. The lowest BCUT2D eigenvalue weighted by Crippen LogP contribution is -2.57. The molecule has 0 spiro atoms. The molecular weight excluding hydrogens is 362 g/mol. The van der Waals surface area contributed by atoms with Crippen LogP contribution in [0.15, 0.2) is 30.3 Å². The molecule has 4 aliphatic rings. The van der Waals surface area contributed by atoms with Gasteiger partial charge < -0.3 is 5.32 Å². The van der Waals surface area contributed by atoms with E-state index in [-0.39, 0.29) is 11.6 Å². The lowest BCUT2D eigenvalue weighted by Gasteiger charge is -2.54. The van der Waals surface area contributed by atoms with Crippen LogP contribution in [-0.2, 0) is 4.79 Å². The predicted molar refractivity (Wildman–Crippen MR) is 107 cm³/mol. The Balaban J connectivity index is 1.31. The van der Waals surface area contributed by atoms with Crippen molar-refractivity contribution in [1.29, 1.82) is 0 Å². The quantitative estimate of drug-likeness (QED) is 0.359. The van der Waals surface area contributed by atoms with E-state index in [4.69, 9.17) is 12.2 Å². The number of amides is 1. The van der Waals surface area contributed by atoms with Crippen molar-refractivity contribution in [2.45, 2.75) is 38.1 Å². The van der Waals surface area contributed by atoms with E-state index < -0.39 is 4.92 Å². The normalized spacial score (nSPS) is 31.0. The number of carbonyl (C=O) groups excluding carboxylic acids is 1. The molecule has 0 unspecified atom stereocenters. The second kappa shape index (κ2) is 7.38. The molecule has 4 aliphatic carbocycles. The van der Waals surface area contributed by atoms with Gasteiger partial charge in [0.1, 0.15) is 0 Å². The number of nitrogens with one attached hydrogen (secondary N) is 2. The lowest BCUT2D eigenvalue weighted by atomic mass is 9.54. The third kappa shape index (κ3) is 4.03. The number of nitro groups is 1. The van der Waals surface area contributed by atoms with Crippen molar-refractivity contribution in [1.82, 2.24) is 10.6 Å². The van der Waals surface area contributed by atoms with Gasteiger partial charge in [-0.3, -0.25) is 20.2 Å². The molecule has 0 saturated heterocycles. The smallest absolute Gasteiger partial charge is 0.270 e. The minimum Gasteiger partial charge on any atom is -0.359 e. The summed E-state index contributed by atoms with van der Waals surface area (Å²) in [5.41, 5.74) is 0.593. The fraction of sp³-hybridized carbons (Fsp3) is 0.500. The molecule has 142 valence electrons. The van der Waals surface area contributed by atoms with Gasteiger partial charge in [-0.25, -0.2) is 0 Å². The molecule has 0 atom stereocenters. The van der Waals surface area contributed by atoms with Gasteiger partial charge in [0, 0.05) is 24.3 Å². The Bertz CT molecular complexity index is 779. The van der Waals surface area contributed by atoms with Crippen molar-refractivity contribution in [2.24, 2.45) is 23.7 Å². The molecule has 1 amide bonds. The minimum absolute atomic E-state index is 0.00312. The van der Waals surface area contributed by atoms with Crippen LogP contribution in [0.25, 0.3) is 6.08 Å². The summed E-state index contributed by atoms with van der Waals surface area (Å²) in [6.07, 6.45) is 9.45. The van der Waals surface area contributed by atoms with E-state index in [1.165, 1.54) is 50.3 Å². The standard InChI is InChI=1S/C20H23N3O3S/c24-18(5-4-12-2-1-3-17(11-12)23(25)26)21-20(27)22-19-15-7-13-6-14(9-15)10-16(19)8-13/h1-5,11,13-16,19H,6-10H2,(H2,21,22,24,27)/b5-4+. The van der Waals surface area contributed by atoms with Crippen molar-refractivity contribution < 1.29 is 9.72 Å². The second-order valence-corrected chi connectivity index (χ2v) is 8.51. The summed E-state index contributed by atoms with van der Waals surface area (Å²) in [5, 5.41) is 17.3. The molecule has 0 aromatic heterocycles. The molecular formula is C20H23N3O3S. The van der Waals surface area contributed by atoms with Crippen molar-refractivity contribution in [2.75, 3.05) is 0 Å². The topological polar surface area (TPSA) is 84.3 Å². The zero-order valence-corrected chi connectivity index (χ0v) is 15.8. The first kappa shape index (κ1) is 18.1. The summed E-state index contributed by atoms with van der Waals surface area (Å²) in [5.74, 6) is 2.81. The van der Waals surface area contributed by atoms with Crippen LogP contribution in [0.2, 0.25) is 0 Å². The number of rotatable bonds is 4. The van der Waals surface area contributed by atoms with Gasteiger partial charge in [0.2, 0.25) is 5.91 Å². The maximum absolute atomic E-state index is 12.1. The van der Waals surface area contributed by atoms with E-state index in [0.29, 0.717) is 28.6 Å². The first-order valence-corrected chi connectivity index (χ1v) is 9.93. The molecule has 6 nitrogen and oxygen atoms in total. The lowest BCUT2D eigenvalue weighted by molar-refractivity contribution is -0.384. The zero-order chi connectivity index (χ0) is 19.0. The summed E-state index contributed by atoms with van der Waals surface area (Å²) in [4.78, 5) is 22.5. The highest BCUT2D eigenvalue weighted by Gasteiger charge is 2.48. The number of thiocarbonyl (C=S) groups is 1. The fourth-order valence-electron chi connectivity index (χ4n) is 5.42. The van der Waals surface area contributed by atoms with E-state index in [1.807, 2.05) is 0 Å². The Hall–Kier alpha value is -2.28. The van der Waals surface area contributed by atoms with Crippen LogP contribution in [-0.4, -0.2) is 22.0 Å². The van der Waals surface area contributed by atoms with Crippen LogP contribution in [0.5, 0.6) is 0 Å². The van der Waals surface area contributed by atoms with Gasteiger partial charge in [-0.2, -0.15) is 0 Å². The molecule has 7 heteroatoms. The summed E-state index contributed by atoms with van der Waals surface area (Å²) in [6, 6.07) is 6.53. The molecule has 4 saturated carbocycles. The van der Waals surface area contributed by atoms with Crippen molar-refractivity contribution in [3.63, 3.8) is 0 Å². The third-order valence-corrected chi connectivity index (χ3v) is 6.49. The fourth-order valence-corrected chi connectivity index (χ4v) is 5.65. The molecule has 1 aromatic rings. The first-order valence-electron chi connectivity index (χ1n) is 9.52. The minimum atomic E-state index is -0.457. The summed E-state index contributed by atoms with van der Waals surface area (Å²) < 4.78 is 0. The molecule has 0 aliphatic heterocycles. The number of non-ortho nitro benzene ring substituents is 1. The monoisotopic (exact) mass is 385 g/mol. The van der Waals surface area contributed by atoms with E-state index in [1.54, 1.807) is 18.2 Å². The molecule has 0 heterocycles. The van der Waals surface area contributed by atoms with Crippen LogP contribution in [0.1, 0.15) is 37.7 Å². The highest BCUT2D eigenvalue weighted by molar-refractivity contribution is 7.80. The van der Waals surface area contributed by atoms with Crippen molar-refractivity contribution in [3.8, 4) is 0 Å². The number of nitro benzene ring substituents is 1. The van der Waals surface area contributed by atoms with E-state index in [0.717, 1.165) is 11.8 Å². The van der Waals surface area contributed by atoms with Crippen LogP contribution < -0.4 is 10.6 Å². The maximum Gasteiger partial charge on any atom is 0.270 e. The van der Waals surface area contributed by atoms with Crippen molar-refractivity contribution >= 4 is 35.0 Å². The van der Waals surface area contributed by atoms with Crippen LogP contribution in [0.3, 0.4) is 0 Å². The summed E-state index contributed by atoms with van der Waals surface area (Å²) in [7, 11) is 0. The maximum atomic E-state index is 12.1. The Kier molecular flexibility index (Phi) is 4.95. The summed E-state index contributed by atoms with van der Waals surface area (Å²) >= 11 is 5.35.